The van der Waals surface area contributed by atoms with Crippen LogP contribution >= 0.6 is 39.7 Å². The van der Waals surface area contributed by atoms with E-state index in [9.17, 15) is 4.79 Å². The van der Waals surface area contributed by atoms with E-state index in [4.69, 9.17) is 29.6 Å². The van der Waals surface area contributed by atoms with Crippen LogP contribution in [0, 0.1) is 5.92 Å². The molecule has 1 heterocycles. The first-order valence-corrected chi connectivity index (χ1v) is 7.60. The van der Waals surface area contributed by atoms with Gasteiger partial charge >= 0.3 is 0 Å². The van der Waals surface area contributed by atoms with Gasteiger partial charge in [-0.1, -0.05) is 39.7 Å². The lowest BCUT2D eigenvalue weighted by Crippen LogP contribution is -2.43. The fourth-order valence-electron chi connectivity index (χ4n) is 2.23. The van der Waals surface area contributed by atoms with Gasteiger partial charge in [-0.2, -0.15) is 0 Å². The Hall–Kier alpha value is -0.650. The summed E-state index contributed by atoms with van der Waals surface area (Å²) in [6.07, 6.45) is 1.87. The summed E-state index contributed by atoms with van der Waals surface area (Å²) in [6, 6.07) is 5.27. The van der Waals surface area contributed by atoms with Gasteiger partial charge in [0, 0.05) is 23.5 Å². The SMILES string of the molecule is NC(=S)C1CCCN(C(=O)c2cc(Br)ccc2Cl)C1. The number of nitrogens with zero attached hydrogens (tertiary/aromatic N) is 1. The average Bonchev–Trinajstić information content (AvgIpc) is 2.41. The lowest BCUT2D eigenvalue weighted by Gasteiger charge is -2.32. The van der Waals surface area contributed by atoms with Crippen molar-refractivity contribution in [3.8, 4) is 0 Å². The minimum atomic E-state index is -0.0627. The van der Waals surface area contributed by atoms with Gasteiger partial charge in [-0.05, 0) is 31.0 Å². The lowest BCUT2D eigenvalue weighted by atomic mass is 9.97. The minimum Gasteiger partial charge on any atom is -0.393 e. The van der Waals surface area contributed by atoms with Crippen LogP contribution in [0.2, 0.25) is 5.02 Å². The topological polar surface area (TPSA) is 46.3 Å². The molecule has 1 aliphatic rings. The second-order valence-corrected chi connectivity index (χ2v) is 6.41. The zero-order chi connectivity index (χ0) is 14.0. The Labute approximate surface area is 131 Å². The molecule has 1 aromatic rings. The maximum absolute atomic E-state index is 12.5. The van der Waals surface area contributed by atoms with Crippen molar-refractivity contribution >= 4 is 50.6 Å². The molecule has 2 N–H and O–H groups in total. The molecule has 1 aromatic carbocycles. The van der Waals surface area contributed by atoms with Gasteiger partial charge in [-0.15, -0.1) is 0 Å². The van der Waals surface area contributed by atoms with E-state index in [-0.39, 0.29) is 11.8 Å². The Kier molecular flexibility index (Phi) is 4.81. The van der Waals surface area contributed by atoms with E-state index in [0.717, 1.165) is 23.9 Å². The van der Waals surface area contributed by atoms with Gasteiger partial charge in [-0.25, -0.2) is 0 Å². The maximum atomic E-state index is 12.5. The first-order valence-electron chi connectivity index (χ1n) is 6.02. The van der Waals surface area contributed by atoms with Gasteiger partial charge in [0.05, 0.1) is 15.6 Å². The second kappa shape index (κ2) is 6.20. The monoisotopic (exact) mass is 360 g/mol. The van der Waals surface area contributed by atoms with E-state index in [2.05, 4.69) is 15.9 Å². The Morgan fingerprint density at radius 3 is 2.95 bits per heavy atom. The van der Waals surface area contributed by atoms with E-state index < -0.39 is 0 Å². The van der Waals surface area contributed by atoms with Crippen molar-refractivity contribution < 1.29 is 4.79 Å². The van der Waals surface area contributed by atoms with E-state index in [1.165, 1.54) is 0 Å². The number of rotatable bonds is 2. The number of likely N-dealkylation sites (tertiary alicyclic amines) is 1. The number of thiocarbonyl (C=S) groups is 1. The molecule has 0 aliphatic carbocycles. The van der Waals surface area contributed by atoms with Crippen molar-refractivity contribution in [3.63, 3.8) is 0 Å². The summed E-state index contributed by atoms with van der Waals surface area (Å²) in [7, 11) is 0. The number of benzene rings is 1. The van der Waals surface area contributed by atoms with Crippen LogP contribution in [0.3, 0.4) is 0 Å². The number of hydrogen-bond donors (Lipinski definition) is 1. The number of nitrogens with two attached hydrogens (primary N) is 1. The molecular weight excluding hydrogens is 348 g/mol. The summed E-state index contributed by atoms with van der Waals surface area (Å²) in [5, 5.41) is 0.464. The van der Waals surface area contributed by atoms with Crippen molar-refractivity contribution in [3.05, 3.63) is 33.3 Å². The highest BCUT2D eigenvalue weighted by Gasteiger charge is 2.27. The summed E-state index contributed by atoms with van der Waals surface area (Å²) < 4.78 is 0.836. The smallest absolute Gasteiger partial charge is 0.255 e. The molecule has 19 heavy (non-hydrogen) atoms. The number of halogens is 2. The Bertz CT molecular complexity index is 523. The van der Waals surface area contributed by atoms with Crippen LogP contribution in [0.25, 0.3) is 0 Å². The fourth-order valence-corrected chi connectivity index (χ4v) is 2.98. The summed E-state index contributed by atoms with van der Waals surface area (Å²) in [5.74, 6) is 0.0471. The summed E-state index contributed by atoms with van der Waals surface area (Å²) in [6.45, 7) is 1.30. The van der Waals surface area contributed by atoms with Crippen molar-refractivity contribution in [2.24, 2.45) is 11.7 Å². The summed E-state index contributed by atoms with van der Waals surface area (Å²) in [4.78, 5) is 14.7. The van der Waals surface area contributed by atoms with Crippen LogP contribution in [-0.2, 0) is 0 Å². The van der Waals surface area contributed by atoms with Gasteiger partial charge in [0.15, 0.2) is 0 Å². The quantitative estimate of drug-likeness (QED) is 0.823. The molecule has 0 saturated carbocycles. The highest BCUT2D eigenvalue weighted by molar-refractivity contribution is 9.10. The zero-order valence-corrected chi connectivity index (χ0v) is 13.4. The molecule has 0 radical (unpaired) electrons. The molecule has 102 valence electrons. The molecule has 0 spiro atoms. The van der Waals surface area contributed by atoms with Gasteiger partial charge in [0.2, 0.25) is 0 Å². The van der Waals surface area contributed by atoms with Crippen LogP contribution in [0.1, 0.15) is 23.2 Å². The average molecular weight is 362 g/mol. The van der Waals surface area contributed by atoms with E-state index in [1.54, 1.807) is 17.0 Å². The molecule has 1 unspecified atom stereocenters. The third-order valence-electron chi connectivity index (χ3n) is 3.27. The van der Waals surface area contributed by atoms with Gasteiger partial charge in [-0.3, -0.25) is 4.79 Å². The fraction of sp³-hybridized carbons (Fsp3) is 0.385. The molecule has 1 atom stereocenters. The Morgan fingerprint density at radius 2 is 2.26 bits per heavy atom. The standard InChI is InChI=1S/C13H14BrClN2OS/c14-9-3-4-11(15)10(6-9)13(18)17-5-1-2-8(7-17)12(16)19/h3-4,6,8H,1-2,5,7H2,(H2,16,19). The number of carbonyl (C=O) groups is 1. The second-order valence-electron chi connectivity index (χ2n) is 4.62. The summed E-state index contributed by atoms with van der Waals surface area (Å²) >= 11 is 14.5. The number of piperidine rings is 1. The third-order valence-corrected chi connectivity index (χ3v) is 4.43. The van der Waals surface area contributed by atoms with Gasteiger partial charge in [0.1, 0.15) is 0 Å². The van der Waals surface area contributed by atoms with Gasteiger partial charge < -0.3 is 10.6 Å². The lowest BCUT2D eigenvalue weighted by molar-refractivity contribution is 0.0703. The zero-order valence-electron chi connectivity index (χ0n) is 10.2. The molecule has 6 heteroatoms. The summed E-state index contributed by atoms with van der Waals surface area (Å²) in [5.41, 5.74) is 6.20. The molecular formula is C13H14BrClN2OS. The molecule has 1 aliphatic heterocycles. The first-order chi connectivity index (χ1) is 8.99. The Balaban J connectivity index is 2.19. The van der Waals surface area contributed by atoms with Crippen LogP contribution in [0.15, 0.2) is 22.7 Å². The predicted molar refractivity (Wildman–Crippen MR) is 84.6 cm³/mol. The van der Waals surface area contributed by atoms with Crippen molar-refractivity contribution in [1.82, 2.24) is 4.90 Å². The molecule has 1 saturated heterocycles. The largest absolute Gasteiger partial charge is 0.393 e. The minimum absolute atomic E-state index is 0.0627. The molecule has 1 fully saturated rings. The van der Waals surface area contributed by atoms with Crippen molar-refractivity contribution in [2.75, 3.05) is 13.1 Å². The number of amides is 1. The number of hydrogen-bond acceptors (Lipinski definition) is 2. The van der Waals surface area contributed by atoms with Crippen LogP contribution in [0.5, 0.6) is 0 Å². The van der Waals surface area contributed by atoms with Crippen LogP contribution in [0.4, 0.5) is 0 Å². The molecule has 0 aromatic heterocycles. The highest BCUT2D eigenvalue weighted by Crippen LogP contribution is 2.25. The van der Waals surface area contributed by atoms with E-state index >= 15 is 0 Å². The van der Waals surface area contributed by atoms with Crippen LogP contribution in [-0.4, -0.2) is 28.9 Å². The molecule has 0 bridgehead atoms. The van der Waals surface area contributed by atoms with Gasteiger partial charge in [0.25, 0.3) is 5.91 Å². The van der Waals surface area contributed by atoms with E-state index in [1.807, 2.05) is 6.07 Å². The predicted octanol–water partition coefficient (Wildman–Crippen LogP) is 3.24. The molecule has 1 amide bonds. The Morgan fingerprint density at radius 1 is 1.53 bits per heavy atom. The molecule has 2 rings (SSSR count). The normalized spacial score (nSPS) is 19.3. The van der Waals surface area contributed by atoms with Crippen LogP contribution < -0.4 is 5.73 Å². The van der Waals surface area contributed by atoms with Crippen molar-refractivity contribution in [1.29, 1.82) is 0 Å². The third kappa shape index (κ3) is 3.46. The molecule has 3 nitrogen and oxygen atoms in total. The van der Waals surface area contributed by atoms with E-state index in [0.29, 0.717) is 22.1 Å². The number of carbonyl (C=O) groups excluding carboxylic acids is 1. The van der Waals surface area contributed by atoms with Crippen molar-refractivity contribution in [2.45, 2.75) is 12.8 Å². The first kappa shape index (κ1) is 14.8. The highest BCUT2D eigenvalue weighted by atomic mass is 79.9. The maximum Gasteiger partial charge on any atom is 0.255 e.